The highest BCUT2D eigenvalue weighted by atomic mass is 16.5. The third-order valence-electron chi connectivity index (χ3n) is 2.17. The van der Waals surface area contributed by atoms with E-state index >= 15 is 0 Å². The Balaban J connectivity index is 2.65. The number of hydrogen-bond donors (Lipinski definition) is 2. The molecule has 0 heterocycles. The molecule has 0 unspecified atom stereocenters. The second-order valence-electron chi connectivity index (χ2n) is 3.29. The van der Waals surface area contributed by atoms with Crippen molar-refractivity contribution in [2.24, 2.45) is 5.92 Å². The number of aliphatic hydroxyl groups is 2. The summed E-state index contributed by atoms with van der Waals surface area (Å²) in [5.41, 5.74) is 1.07. The fourth-order valence-electron chi connectivity index (χ4n) is 1.32. The lowest BCUT2D eigenvalue weighted by molar-refractivity contribution is 0.150. The molecular weight excluding hydrogens is 181 g/mol. The molecule has 78 valence electrons. The molecule has 0 aliphatic heterocycles. The maximum Gasteiger partial charge on any atom is 0.119 e. The normalized spacial score (nSPS) is 10.6. The van der Waals surface area contributed by atoms with E-state index in [0.717, 1.165) is 11.3 Å². The maximum absolute atomic E-state index is 8.92. The van der Waals surface area contributed by atoms with Crippen LogP contribution in [0.3, 0.4) is 0 Å². The Morgan fingerprint density at radius 1 is 1.29 bits per heavy atom. The third-order valence-corrected chi connectivity index (χ3v) is 2.17. The van der Waals surface area contributed by atoms with Gasteiger partial charge in [0.25, 0.3) is 0 Å². The van der Waals surface area contributed by atoms with Crippen molar-refractivity contribution >= 4 is 0 Å². The molecule has 0 radical (unpaired) electrons. The molecule has 0 bridgehead atoms. The summed E-state index contributed by atoms with van der Waals surface area (Å²) in [7, 11) is 1.62. The smallest absolute Gasteiger partial charge is 0.119 e. The van der Waals surface area contributed by atoms with Crippen molar-refractivity contribution in [1.29, 1.82) is 0 Å². The summed E-state index contributed by atoms with van der Waals surface area (Å²) >= 11 is 0. The lowest BCUT2D eigenvalue weighted by Crippen LogP contribution is -2.13. The number of ether oxygens (including phenoxy) is 1. The van der Waals surface area contributed by atoms with Gasteiger partial charge in [0, 0.05) is 19.1 Å². The van der Waals surface area contributed by atoms with Crippen molar-refractivity contribution in [2.45, 2.75) is 6.42 Å². The first-order chi connectivity index (χ1) is 6.80. The molecule has 1 aromatic carbocycles. The lowest BCUT2D eigenvalue weighted by Gasteiger charge is -2.11. The topological polar surface area (TPSA) is 49.7 Å². The zero-order valence-corrected chi connectivity index (χ0v) is 8.31. The van der Waals surface area contributed by atoms with Gasteiger partial charge in [-0.2, -0.15) is 0 Å². The van der Waals surface area contributed by atoms with Crippen LogP contribution in [0.25, 0.3) is 0 Å². The van der Waals surface area contributed by atoms with Crippen molar-refractivity contribution < 1.29 is 14.9 Å². The van der Waals surface area contributed by atoms with Gasteiger partial charge >= 0.3 is 0 Å². The van der Waals surface area contributed by atoms with Gasteiger partial charge in [-0.1, -0.05) is 12.1 Å². The highest BCUT2D eigenvalue weighted by Gasteiger charge is 2.07. The minimum absolute atomic E-state index is 0.00765. The van der Waals surface area contributed by atoms with E-state index in [1.54, 1.807) is 7.11 Å². The van der Waals surface area contributed by atoms with Gasteiger partial charge in [-0.3, -0.25) is 0 Å². The van der Waals surface area contributed by atoms with Crippen LogP contribution in [0.15, 0.2) is 24.3 Å². The lowest BCUT2D eigenvalue weighted by atomic mass is 10.2. The number of rotatable bonds is 5. The van der Waals surface area contributed by atoms with Crippen LogP contribution in [-0.4, -0.2) is 30.5 Å². The van der Waals surface area contributed by atoms with Crippen molar-refractivity contribution in [3.05, 3.63) is 29.8 Å². The van der Waals surface area contributed by atoms with E-state index in [-0.39, 0.29) is 19.1 Å². The van der Waals surface area contributed by atoms with Crippen LogP contribution in [0, 0.1) is 5.92 Å². The average molecular weight is 197 g/mol. The van der Waals surface area contributed by atoms with Gasteiger partial charge in [0.2, 0.25) is 0 Å². The van der Waals surface area contributed by atoms with E-state index in [2.05, 4.69) is 0 Å². The van der Waals surface area contributed by atoms with Crippen LogP contribution in [-0.2, 0) is 6.42 Å². The Bertz CT molecular complexity index is 269. The zero-order valence-electron chi connectivity index (χ0n) is 8.31. The first kappa shape index (κ1) is 11.0. The number of methoxy groups -OCH3 is 1. The molecule has 0 aromatic heterocycles. The summed E-state index contributed by atoms with van der Waals surface area (Å²) in [6, 6.07) is 7.65. The number of aliphatic hydroxyl groups excluding tert-OH is 2. The van der Waals surface area contributed by atoms with Gasteiger partial charge in [-0.15, -0.1) is 0 Å². The molecule has 2 N–H and O–H groups in total. The van der Waals surface area contributed by atoms with Crippen molar-refractivity contribution in [1.82, 2.24) is 0 Å². The summed E-state index contributed by atoms with van der Waals surface area (Å²) in [6.07, 6.45) is 0.671. The quantitative estimate of drug-likeness (QED) is 0.688. The summed E-state index contributed by atoms with van der Waals surface area (Å²) < 4.78 is 5.08. The Kier molecular flexibility index (Phi) is 4.43. The predicted octanol–water partition coefficient (Wildman–Crippen LogP) is 0.838. The van der Waals surface area contributed by atoms with Crippen LogP contribution >= 0.6 is 0 Å². The largest absolute Gasteiger partial charge is 0.497 e. The summed E-state index contributed by atoms with van der Waals surface area (Å²) in [5.74, 6) is 0.722. The summed E-state index contributed by atoms with van der Waals surface area (Å²) in [6.45, 7) is 0.0153. The molecule has 0 saturated carbocycles. The maximum atomic E-state index is 8.92. The Labute approximate surface area is 84.0 Å². The first-order valence-corrected chi connectivity index (χ1v) is 4.64. The van der Waals surface area contributed by atoms with Gasteiger partial charge < -0.3 is 14.9 Å². The minimum atomic E-state index is -0.0814. The summed E-state index contributed by atoms with van der Waals surface area (Å²) in [4.78, 5) is 0. The molecule has 3 heteroatoms. The van der Waals surface area contributed by atoms with Crippen LogP contribution in [0.2, 0.25) is 0 Å². The fourth-order valence-corrected chi connectivity index (χ4v) is 1.32. The van der Waals surface area contributed by atoms with Gasteiger partial charge in [-0.25, -0.2) is 0 Å². The monoisotopic (exact) mass is 197 g/mol. The standard InChI is InChI=1S/C11H16O3/c1-14-11-4-2-3-9(6-11)5-10(7-12)8-13/h2-4,6,10,12-13H,5,7-8H2,1H3/i5+1. The highest BCUT2D eigenvalue weighted by Crippen LogP contribution is 2.15. The van der Waals surface area contributed by atoms with Gasteiger partial charge in [-0.05, 0) is 24.1 Å². The van der Waals surface area contributed by atoms with Gasteiger partial charge in [0.05, 0.1) is 7.11 Å². The Hall–Kier alpha value is -1.06. The molecular formula is C11H16O3. The van der Waals surface area contributed by atoms with E-state index in [9.17, 15) is 0 Å². The zero-order chi connectivity index (χ0) is 10.4. The van der Waals surface area contributed by atoms with E-state index in [0.29, 0.717) is 6.42 Å². The van der Waals surface area contributed by atoms with E-state index in [1.807, 2.05) is 24.3 Å². The first-order valence-electron chi connectivity index (χ1n) is 4.64. The Morgan fingerprint density at radius 3 is 2.57 bits per heavy atom. The average Bonchev–Trinajstić information content (AvgIpc) is 2.26. The second-order valence-corrected chi connectivity index (χ2v) is 3.29. The van der Waals surface area contributed by atoms with Crippen LogP contribution in [0.5, 0.6) is 5.75 Å². The van der Waals surface area contributed by atoms with E-state index in [4.69, 9.17) is 14.9 Å². The molecule has 0 atom stereocenters. The Morgan fingerprint density at radius 2 is 2.00 bits per heavy atom. The van der Waals surface area contributed by atoms with E-state index in [1.165, 1.54) is 0 Å². The second kappa shape index (κ2) is 5.62. The molecule has 0 aliphatic carbocycles. The molecule has 1 rings (SSSR count). The molecule has 0 saturated heterocycles. The third kappa shape index (κ3) is 3.01. The molecule has 0 spiro atoms. The molecule has 0 fully saturated rings. The van der Waals surface area contributed by atoms with Crippen molar-refractivity contribution in [3.8, 4) is 5.75 Å². The van der Waals surface area contributed by atoms with Crippen molar-refractivity contribution in [3.63, 3.8) is 0 Å². The van der Waals surface area contributed by atoms with Crippen LogP contribution in [0.4, 0.5) is 0 Å². The highest BCUT2D eigenvalue weighted by molar-refractivity contribution is 5.28. The van der Waals surface area contributed by atoms with Crippen LogP contribution in [0.1, 0.15) is 5.56 Å². The summed E-state index contributed by atoms with van der Waals surface area (Å²) in [5, 5.41) is 17.8. The van der Waals surface area contributed by atoms with Gasteiger partial charge in [0.15, 0.2) is 0 Å². The van der Waals surface area contributed by atoms with E-state index < -0.39 is 0 Å². The molecule has 3 nitrogen and oxygen atoms in total. The SMILES string of the molecule is COc1cccc([13CH2]C(CO)CO)c1. The fraction of sp³-hybridized carbons (Fsp3) is 0.455. The van der Waals surface area contributed by atoms with Crippen LogP contribution < -0.4 is 4.74 Å². The molecule has 14 heavy (non-hydrogen) atoms. The molecule has 1 aromatic rings. The predicted molar refractivity (Wildman–Crippen MR) is 54.4 cm³/mol. The molecule has 0 amide bonds. The number of hydrogen-bond acceptors (Lipinski definition) is 3. The van der Waals surface area contributed by atoms with Crippen molar-refractivity contribution in [2.75, 3.05) is 20.3 Å². The molecule has 0 aliphatic rings. The number of benzene rings is 1. The minimum Gasteiger partial charge on any atom is -0.497 e. The van der Waals surface area contributed by atoms with Gasteiger partial charge in [0.1, 0.15) is 5.75 Å².